The summed E-state index contributed by atoms with van der Waals surface area (Å²) in [6.07, 6.45) is 0.953. The fraction of sp³-hybridized carbons (Fsp3) is 0.636. The lowest BCUT2D eigenvalue weighted by molar-refractivity contribution is -0.133. The van der Waals surface area contributed by atoms with Gasteiger partial charge >= 0.3 is 5.97 Å². The zero-order valence-corrected chi connectivity index (χ0v) is 11.2. The lowest BCUT2D eigenvalue weighted by Gasteiger charge is -2.12. The van der Waals surface area contributed by atoms with Gasteiger partial charge in [-0.2, -0.15) is 5.10 Å². The highest BCUT2D eigenvalue weighted by molar-refractivity contribution is 7.99. The molecule has 0 fully saturated rings. The SMILES string of the molecule is CCC(C)n1nc(COC)cc1SCC(=O)O. The van der Waals surface area contributed by atoms with E-state index in [1.54, 1.807) is 7.11 Å². The second-order valence-corrected chi connectivity index (χ2v) is 4.79. The van der Waals surface area contributed by atoms with E-state index in [0.717, 1.165) is 17.1 Å². The van der Waals surface area contributed by atoms with E-state index in [-0.39, 0.29) is 11.8 Å². The van der Waals surface area contributed by atoms with Crippen molar-refractivity contribution in [2.75, 3.05) is 12.9 Å². The first kappa shape index (κ1) is 14.1. The minimum Gasteiger partial charge on any atom is -0.481 e. The number of hydrogen-bond acceptors (Lipinski definition) is 4. The molecule has 6 heteroatoms. The summed E-state index contributed by atoms with van der Waals surface area (Å²) in [6.45, 7) is 4.59. The Balaban J connectivity index is 2.86. The molecule has 0 radical (unpaired) electrons. The van der Waals surface area contributed by atoms with E-state index in [0.29, 0.717) is 6.61 Å². The van der Waals surface area contributed by atoms with Crippen LogP contribution in [-0.2, 0) is 16.1 Å². The van der Waals surface area contributed by atoms with Crippen LogP contribution in [0.15, 0.2) is 11.1 Å². The highest BCUT2D eigenvalue weighted by Crippen LogP contribution is 2.24. The Morgan fingerprint density at radius 2 is 2.41 bits per heavy atom. The Labute approximate surface area is 105 Å². The first-order chi connectivity index (χ1) is 8.08. The normalized spacial score (nSPS) is 12.6. The summed E-state index contributed by atoms with van der Waals surface area (Å²) in [6, 6.07) is 2.15. The molecule has 1 rings (SSSR count). The average molecular weight is 258 g/mol. The molecule has 0 aliphatic carbocycles. The van der Waals surface area contributed by atoms with Crippen molar-refractivity contribution in [3.05, 3.63) is 11.8 Å². The summed E-state index contributed by atoms with van der Waals surface area (Å²) in [7, 11) is 1.62. The lowest BCUT2D eigenvalue weighted by atomic mass is 10.3. The third-order valence-electron chi connectivity index (χ3n) is 2.40. The maximum absolute atomic E-state index is 10.6. The number of aromatic nitrogens is 2. The highest BCUT2D eigenvalue weighted by Gasteiger charge is 2.13. The molecule has 1 N–H and O–H groups in total. The molecule has 0 amide bonds. The Morgan fingerprint density at radius 3 is 2.94 bits per heavy atom. The van der Waals surface area contributed by atoms with Gasteiger partial charge in [0.15, 0.2) is 0 Å². The Bertz CT molecular complexity index is 379. The van der Waals surface area contributed by atoms with Crippen LogP contribution in [0, 0.1) is 0 Å². The van der Waals surface area contributed by atoms with Gasteiger partial charge in [0.05, 0.1) is 29.1 Å². The lowest BCUT2D eigenvalue weighted by Crippen LogP contribution is -2.08. The molecule has 1 heterocycles. The maximum atomic E-state index is 10.6. The van der Waals surface area contributed by atoms with Crippen molar-refractivity contribution in [3.63, 3.8) is 0 Å². The van der Waals surface area contributed by atoms with Gasteiger partial charge in [0.2, 0.25) is 0 Å². The van der Waals surface area contributed by atoms with E-state index in [1.165, 1.54) is 11.8 Å². The van der Waals surface area contributed by atoms with E-state index in [1.807, 2.05) is 10.7 Å². The van der Waals surface area contributed by atoms with Crippen LogP contribution in [0.25, 0.3) is 0 Å². The molecule has 0 aliphatic rings. The second kappa shape index (κ2) is 6.66. The van der Waals surface area contributed by atoms with Crippen molar-refractivity contribution in [2.45, 2.75) is 37.9 Å². The summed E-state index contributed by atoms with van der Waals surface area (Å²) < 4.78 is 6.91. The summed E-state index contributed by atoms with van der Waals surface area (Å²) in [5.74, 6) is -0.769. The number of rotatable bonds is 7. The van der Waals surface area contributed by atoms with Crippen LogP contribution >= 0.6 is 11.8 Å². The number of methoxy groups -OCH3 is 1. The van der Waals surface area contributed by atoms with Crippen LogP contribution in [0.2, 0.25) is 0 Å². The van der Waals surface area contributed by atoms with E-state index in [2.05, 4.69) is 18.9 Å². The van der Waals surface area contributed by atoms with Crippen molar-refractivity contribution in [1.82, 2.24) is 9.78 Å². The van der Waals surface area contributed by atoms with Crippen LogP contribution in [-0.4, -0.2) is 33.7 Å². The molecule has 1 aromatic heterocycles. The van der Waals surface area contributed by atoms with Crippen molar-refractivity contribution in [3.8, 4) is 0 Å². The van der Waals surface area contributed by atoms with Crippen LogP contribution < -0.4 is 0 Å². The summed E-state index contributed by atoms with van der Waals surface area (Å²) in [5, 5.41) is 14.0. The predicted molar refractivity (Wildman–Crippen MR) is 66.3 cm³/mol. The van der Waals surface area contributed by atoms with Gasteiger partial charge in [0.25, 0.3) is 0 Å². The molecule has 17 heavy (non-hydrogen) atoms. The fourth-order valence-electron chi connectivity index (χ4n) is 1.38. The third kappa shape index (κ3) is 4.05. The summed E-state index contributed by atoms with van der Waals surface area (Å²) >= 11 is 1.29. The Morgan fingerprint density at radius 1 is 1.71 bits per heavy atom. The standard InChI is InChI=1S/C11H18N2O3S/c1-4-8(2)13-10(17-7-11(14)15)5-9(12-13)6-16-3/h5,8H,4,6-7H2,1-3H3,(H,14,15). The van der Waals surface area contributed by atoms with E-state index >= 15 is 0 Å². The molecule has 1 unspecified atom stereocenters. The molecule has 0 saturated carbocycles. The molecule has 5 nitrogen and oxygen atoms in total. The van der Waals surface area contributed by atoms with Gasteiger partial charge in [-0.3, -0.25) is 9.48 Å². The molecule has 1 aromatic rings. The number of carboxylic acid groups (broad SMARTS) is 1. The van der Waals surface area contributed by atoms with Gasteiger partial charge in [0.1, 0.15) is 0 Å². The quantitative estimate of drug-likeness (QED) is 0.759. The zero-order chi connectivity index (χ0) is 12.8. The molecule has 1 atom stereocenters. The molecule has 0 spiro atoms. The number of carbonyl (C=O) groups is 1. The van der Waals surface area contributed by atoms with Gasteiger partial charge in [-0.05, 0) is 19.4 Å². The third-order valence-corrected chi connectivity index (χ3v) is 3.39. The smallest absolute Gasteiger partial charge is 0.313 e. The second-order valence-electron chi connectivity index (χ2n) is 3.79. The average Bonchev–Trinajstić information content (AvgIpc) is 2.69. The molecule has 96 valence electrons. The van der Waals surface area contributed by atoms with Crippen LogP contribution in [0.3, 0.4) is 0 Å². The molecule has 0 aliphatic heterocycles. The number of thioether (sulfide) groups is 1. The minimum atomic E-state index is -0.819. The maximum Gasteiger partial charge on any atom is 0.313 e. The van der Waals surface area contributed by atoms with Crippen LogP contribution in [0.4, 0.5) is 0 Å². The van der Waals surface area contributed by atoms with E-state index < -0.39 is 5.97 Å². The van der Waals surface area contributed by atoms with Crippen molar-refractivity contribution >= 4 is 17.7 Å². The zero-order valence-electron chi connectivity index (χ0n) is 10.3. The van der Waals surface area contributed by atoms with Gasteiger partial charge in [-0.15, -0.1) is 0 Å². The van der Waals surface area contributed by atoms with Crippen LogP contribution in [0.1, 0.15) is 32.0 Å². The molecular formula is C11H18N2O3S. The Hall–Kier alpha value is -1.01. The minimum absolute atomic E-state index is 0.0501. The van der Waals surface area contributed by atoms with Gasteiger partial charge in [0, 0.05) is 7.11 Å². The topological polar surface area (TPSA) is 64.4 Å². The monoisotopic (exact) mass is 258 g/mol. The van der Waals surface area contributed by atoms with Gasteiger partial charge in [-0.1, -0.05) is 18.7 Å². The van der Waals surface area contributed by atoms with E-state index in [9.17, 15) is 4.79 Å². The molecule has 0 bridgehead atoms. The largest absolute Gasteiger partial charge is 0.481 e. The predicted octanol–water partition coefficient (Wildman–Crippen LogP) is 2.18. The number of aliphatic carboxylic acids is 1. The van der Waals surface area contributed by atoms with Crippen molar-refractivity contribution < 1.29 is 14.6 Å². The number of carboxylic acids is 1. The number of nitrogens with zero attached hydrogens (tertiary/aromatic N) is 2. The van der Waals surface area contributed by atoms with Gasteiger partial charge < -0.3 is 9.84 Å². The molecule has 0 aromatic carbocycles. The number of hydrogen-bond donors (Lipinski definition) is 1. The molecular weight excluding hydrogens is 240 g/mol. The van der Waals surface area contributed by atoms with Crippen molar-refractivity contribution in [2.24, 2.45) is 0 Å². The van der Waals surface area contributed by atoms with E-state index in [4.69, 9.17) is 9.84 Å². The Kier molecular flexibility index (Phi) is 5.50. The molecule has 0 saturated heterocycles. The van der Waals surface area contributed by atoms with Crippen LogP contribution in [0.5, 0.6) is 0 Å². The number of ether oxygens (including phenoxy) is 1. The highest BCUT2D eigenvalue weighted by atomic mass is 32.2. The summed E-state index contributed by atoms with van der Waals surface area (Å²) in [5.41, 5.74) is 0.834. The first-order valence-electron chi connectivity index (χ1n) is 5.50. The summed E-state index contributed by atoms with van der Waals surface area (Å²) in [4.78, 5) is 10.6. The van der Waals surface area contributed by atoms with Gasteiger partial charge in [-0.25, -0.2) is 0 Å². The first-order valence-corrected chi connectivity index (χ1v) is 6.49. The van der Waals surface area contributed by atoms with Crippen molar-refractivity contribution in [1.29, 1.82) is 0 Å². The fourth-order valence-corrected chi connectivity index (χ4v) is 2.22.